The van der Waals surface area contributed by atoms with Crippen LogP contribution in [0.1, 0.15) is 47.0 Å². The molecule has 0 bridgehead atoms. The van der Waals surface area contributed by atoms with Gasteiger partial charge in [0.1, 0.15) is 0 Å². The molecule has 2 N–H and O–H groups in total. The van der Waals surface area contributed by atoms with Crippen LogP contribution >= 0.6 is 0 Å². The summed E-state index contributed by atoms with van der Waals surface area (Å²) in [6, 6.07) is 1.36. The lowest BCUT2D eigenvalue weighted by atomic mass is 10.0. The molecule has 2 saturated heterocycles. The van der Waals surface area contributed by atoms with Crippen molar-refractivity contribution in [2.24, 2.45) is 10.9 Å². The van der Waals surface area contributed by atoms with Gasteiger partial charge in [0, 0.05) is 37.8 Å². The van der Waals surface area contributed by atoms with Crippen LogP contribution in [0.2, 0.25) is 0 Å². The summed E-state index contributed by atoms with van der Waals surface area (Å²) in [5.41, 5.74) is 0. The number of hydrogen-bond acceptors (Lipinski definition) is 4. The molecule has 0 saturated carbocycles. The number of guanidine groups is 1. The molecule has 0 aromatic carbocycles. The summed E-state index contributed by atoms with van der Waals surface area (Å²) in [7, 11) is -2.82. The fourth-order valence-corrected chi connectivity index (χ4v) is 5.25. The Morgan fingerprint density at radius 2 is 1.83 bits per heavy atom. The Hall–Kier alpha value is -0.820. The molecular formula is C17H34N4O2S. The van der Waals surface area contributed by atoms with Gasteiger partial charge in [-0.1, -0.05) is 0 Å². The average Bonchev–Trinajstić information content (AvgIpc) is 2.84. The summed E-state index contributed by atoms with van der Waals surface area (Å²) in [5, 5.41) is 6.94. The highest BCUT2D eigenvalue weighted by atomic mass is 32.2. The second kappa shape index (κ2) is 8.52. The molecular weight excluding hydrogens is 324 g/mol. The van der Waals surface area contributed by atoms with E-state index in [1.54, 1.807) is 0 Å². The van der Waals surface area contributed by atoms with Gasteiger partial charge in [0.25, 0.3) is 0 Å². The fourth-order valence-electron chi connectivity index (χ4n) is 3.40. The zero-order valence-electron chi connectivity index (χ0n) is 15.6. The average molecular weight is 359 g/mol. The predicted molar refractivity (Wildman–Crippen MR) is 100 cm³/mol. The fraction of sp³-hybridized carbons (Fsp3) is 0.941. The molecule has 24 heavy (non-hydrogen) atoms. The van der Waals surface area contributed by atoms with E-state index in [-0.39, 0.29) is 11.7 Å². The van der Waals surface area contributed by atoms with Crippen molar-refractivity contribution in [3.63, 3.8) is 0 Å². The van der Waals surface area contributed by atoms with Gasteiger partial charge >= 0.3 is 0 Å². The lowest BCUT2D eigenvalue weighted by Crippen LogP contribution is -2.51. The smallest absolute Gasteiger partial charge is 0.191 e. The Labute approximate surface area is 147 Å². The number of likely N-dealkylation sites (tertiary alicyclic amines) is 1. The third kappa shape index (κ3) is 6.24. The van der Waals surface area contributed by atoms with Crippen LogP contribution in [-0.4, -0.2) is 68.5 Å². The quantitative estimate of drug-likeness (QED) is 0.571. The topological polar surface area (TPSA) is 73.8 Å². The maximum Gasteiger partial charge on any atom is 0.191 e. The minimum atomic E-state index is -2.82. The van der Waals surface area contributed by atoms with Crippen molar-refractivity contribution >= 4 is 15.8 Å². The summed E-state index contributed by atoms with van der Waals surface area (Å²) in [4.78, 5) is 7.18. The first-order valence-electron chi connectivity index (χ1n) is 9.27. The van der Waals surface area contributed by atoms with Gasteiger partial charge in [-0.25, -0.2) is 8.42 Å². The Balaban J connectivity index is 1.87. The lowest BCUT2D eigenvalue weighted by molar-refractivity contribution is 0.167. The number of piperidine rings is 1. The van der Waals surface area contributed by atoms with E-state index >= 15 is 0 Å². The van der Waals surface area contributed by atoms with E-state index in [2.05, 4.69) is 48.2 Å². The van der Waals surface area contributed by atoms with E-state index < -0.39 is 9.84 Å². The molecule has 6 nitrogen and oxygen atoms in total. The Morgan fingerprint density at radius 3 is 2.33 bits per heavy atom. The molecule has 1 unspecified atom stereocenters. The van der Waals surface area contributed by atoms with Gasteiger partial charge in [-0.05, 0) is 52.9 Å². The van der Waals surface area contributed by atoms with Gasteiger partial charge in [-0.2, -0.15) is 0 Å². The normalized spacial score (nSPS) is 26.2. The van der Waals surface area contributed by atoms with Crippen molar-refractivity contribution in [1.29, 1.82) is 0 Å². The molecule has 1 atom stereocenters. The van der Waals surface area contributed by atoms with E-state index in [1.165, 1.54) is 0 Å². The minimum absolute atomic E-state index is 0.170. The molecule has 140 valence electrons. The van der Waals surface area contributed by atoms with Gasteiger partial charge in [-0.15, -0.1) is 0 Å². The molecule has 2 aliphatic heterocycles. The summed E-state index contributed by atoms with van der Waals surface area (Å²) in [6.45, 7) is 11.5. The molecule has 0 spiro atoms. The zero-order chi connectivity index (χ0) is 17.7. The van der Waals surface area contributed by atoms with Gasteiger partial charge < -0.3 is 15.5 Å². The molecule has 0 radical (unpaired) electrons. The van der Waals surface area contributed by atoms with Crippen LogP contribution in [-0.2, 0) is 9.84 Å². The van der Waals surface area contributed by atoms with Crippen molar-refractivity contribution in [2.75, 3.05) is 31.1 Å². The number of nitrogens with one attached hydrogen (secondary N) is 2. The van der Waals surface area contributed by atoms with Crippen LogP contribution in [0, 0.1) is 5.92 Å². The highest BCUT2D eigenvalue weighted by molar-refractivity contribution is 7.91. The van der Waals surface area contributed by atoms with Gasteiger partial charge in [-0.3, -0.25) is 4.99 Å². The third-order valence-electron chi connectivity index (χ3n) is 4.86. The molecule has 2 aliphatic rings. The number of hydrogen-bond donors (Lipinski definition) is 2. The standard InChI is InChI=1S/C17H34N4O2S/c1-13(2)19-17(18-11-15-7-10-24(22,23)12-15)20-16-5-8-21(9-6-16)14(3)4/h13-16H,5-12H2,1-4H3,(H2,18,19,20). The van der Waals surface area contributed by atoms with Crippen LogP contribution in [0.4, 0.5) is 0 Å². The van der Waals surface area contributed by atoms with Gasteiger partial charge in [0.2, 0.25) is 0 Å². The number of nitrogens with zero attached hydrogens (tertiary/aromatic N) is 2. The highest BCUT2D eigenvalue weighted by Crippen LogP contribution is 2.18. The Kier molecular flexibility index (Phi) is 6.92. The first-order chi connectivity index (χ1) is 11.2. The van der Waals surface area contributed by atoms with Crippen LogP contribution in [0.5, 0.6) is 0 Å². The monoisotopic (exact) mass is 358 g/mol. The second-order valence-electron chi connectivity index (χ2n) is 7.81. The van der Waals surface area contributed by atoms with Crippen LogP contribution < -0.4 is 10.6 Å². The summed E-state index contributed by atoms with van der Waals surface area (Å²) < 4.78 is 23.2. The van der Waals surface area contributed by atoms with Crippen molar-refractivity contribution in [1.82, 2.24) is 15.5 Å². The van der Waals surface area contributed by atoms with Crippen molar-refractivity contribution in [3.8, 4) is 0 Å². The molecule has 7 heteroatoms. The van der Waals surface area contributed by atoms with Crippen LogP contribution in [0.15, 0.2) is 4.99 Å². The third-order valence-corrected chi connectivity index (χ3v) is 6.70. The first kappa shape index (κ1) is 19.5. The molecule has 0 amide bonds. The van der Waals surface area contributed by atoms with E-state index in [0.29, 0.717) is 30.4 Å². The molecule has 0 aromatic heterocycles. The predicted octanol–water partition coefficient (Wildman–Crippen LogP) is 1.24. The number of rotatable bonds is 5. The van der Waals surface area contributed by atoms with Crippen molar-refractivity contribution < 1.29 is 8.42 Å². The summed E-state index contributed by atoms with van der Waals surface area (Å²) in [6.07, 6.45) is 2.98. The van der Waals surface area contributed by atoms with E-state index in [9.17, 15) is 8.42 Å². The Bertz CT molecular complexity index is 523. The van der Waals surface area contributed by atoms with Crippen LogP contribution in [0.25, 0.3) is 0 Å². The van der Waals surface area contributed by atoms with Crippen LogP contribution in [0.3, 0.4) is 0 Å². The van der Waals surface area contributed by atoms with E-state index in [1.807, 2.05) is 0 Å². The largest absolute Gasteiger partial charge is 0.354 e. The SMILES string of the molecule is CC(C)NC(=NCC1CCS(=O)(=O)C1)NC1CCN(C(C)C)CC1. The molecule has 0 aliphatic carbocycles. The van der Waals surface area contributed by atoms with Gasteiger partial charge in [0.15, 0.2) is 15.8 Å². The number of aliphatic imine (C=N–C) groups is 1. The first-order valence-corrected chi connectivity index (χ1v) is 11.1. The summed E-state index contributed by atoms with van der Waals surface area (Å²) >= 11 is 0. The number of sulfone groups is 1. The van der Waals surface area contributed by atoms with Gasteiger partial charge in [0.05, 0.1) is 11.5 Å². The maximum absolute atomic E-state index is 11.6. The van der Waals surface area contributed by atoms with Crippen molar-refractivity contribution in [2.45, 2.75) is 65.1 Å². The molecule has 2 fully saturated rings. The Morgan fingerprint density at radius 1 is 1.17 bits per heavy atom. The highest BCUT2D eigenvalue weighted by Gasteiger charge is 2.28. The molecule has 0 aromatic rings. The molecule has 2 rings (SSSR count). The molecule has 2 heterocycles. The zero-order valence-corrected chi connectivity index (χ0v) is 16.4. The second-order valence-corrected chi connectivity index (χ2v) is 10.0. The lowest BCUT2D eigenvalue weighted by Gasteiger charge is -2.35. The minimum Gasteiger partial charge on any atom is -0.354 e. The summed E-state index contributed by atoms with van der Waals surface area (Å²) in [5.74, 6) is 1.61. The van der Waals surface area contributed by atoms with E-state index in [0.717, 1.165) is 38.3 Å². The van der Waals surface area contributed by atoms with Crippen molar-refractivity contribution in [3.05, 3.63) is 0 Å². The maximum atomic E-state index is 11.6. The van der Waals surface area contributed by atoms with E-state index in [4.69, 9.17) is 0 Å².